The first-order chi connectivity index (χ1) is 16.6. The van der Waals surface area contributed by atoms with E-state index in [4.69, 9.17) is 4.98 Å². The van der Waals surface area contributed by atoms with E-state index < -0.39 is 0 Å². The molecular formula is C24H30N8OS. The molecule has 178 valence electrons. The van der Waals surface area contributed by atoms with Crippen molar-refractivity contribution >= 4 is 40.8 Å². The van der Waals surface area contributed by atoms with Crippen LogP contribution in [0.5, 0.6) is 0 Å². The van der Waals surface area contributed by atoms with Crippen molar-refractivity contribution in [3.8, 4) is 0 Å². The van der Waals surface area contributed by atoms with Crippen LogP contribution >= 0.6 is 11.8 Å². The summed E-state index contributed by atoms with van der Waals surface area (Å²) in [5.74, 6) is 2.47. The molecule has 0 bridgehead atoms. The van der Waals surface area contributed by atoms with Gasteiger partial charge in [-0.2, -0.15) is 5.10 Å². The highest BCUT2D eigenvalue weighted by molar-refractivity contribution is 7.99. The second kappa shape index (κ2) is 10.4. The number of aryl methyl sites for hydroxylation is 1. The number of aromatic nitrogens is 4. The lowest BCUT2D eigenvalue weighted by molar-refractivity contribution is -0.117. The monoisotopic (exact) mass is 478 g/mol. The van der Waals surface area contributed by atoms with Crippen molar-refractivity contribution in [3.63, 3.8) is 0 Å². The highest BCUT2D eigenvalue weighted by Gasteiger charge is 2.29. The van der Waals surface area contributed by atoms with Gasteiger partial charge in [0.1, 0.15) is 11.6 Å². The molecule has 2 aliphatic rings. The predicted octanol–water partition coefficient (Wildman–Crippen LogP) is 4.26. The molecule has 3 aromatic rings. The summed E-state index contributed by atoms with van der Waals surface area (Å²) in [6.07, 6.45) is 4.56. The number of likely N-dealkylation sites (tertiary alicyclic amines) is 1. The first-order valence-corrected chi connectivity index (χ1v) is 12.7. The first kappa shape index (κ1) is 22.7. The molecule has 1 aliphatic carbocycles. The Hall–Kier alpha value is -3.11. The molecule has 1 aromatic carbocycles. The molecule has 0 radical (unpaired) electrons. The molecule has 1 saturated carbocycles. The van der Waals surface area contributed by atoms with Crippen molar-refractivity contribution in [2.45, 2.75) is 42.7 Å². The van der Waals surface area contributed by atoms with Crippen LogP contribution in [-0.2, 0) is 4.79 Å². The standard InChI is InChI=1S/C24H30N8OS/c1-16-14-22(31-30-16)27-21-15-20(25-10-13-32-11-2-3-12-32)28-24(29-21)34-19-8-6-18(7-9-19)26-23(33)17-4-5-17/h6-9,14-15,17H,2-5,10-13H2,1H3,(H,26,33)(H3,25,27,28,29,30,31). The fourth-order valence-corrected chi connectivity index (χ4v) is 4.66. The molecular weight excluding hydrogens is 448 g/mol. The van der Waals surface area contributed by atoms with Gasteiger partial charge in [-0.05, 0) is 81.7 Å². The lowest BCUT2D eigenvalue weighted by atomic mass is 10.3. The second-order valence-electron chi connectivity index (χ2n) is 8.85. The third-order valence-electron chi connectivity index (χ3n) is 5.88. The first-order valence-electron chi connectivity index (χ1n) is 11.8. The number of rotatable bonds is 10. The lowest BCUT2D eigenvalue weighted by Gasteiger charge is -2.15. The van der Waals surface area contributed by atoms with Crippen molar-refractivity contribution in [1.82, 2.24) is 25.1 Å². The molecule has 0 atom stereocenters. The Morgan fingerprint density at radius 1 is 1.09 bits per heavy atom. The number of carbonyl (C=O) groups is 1. The van der Waals surface area contributed by atoms with E-state index in [-0.39, 0.29) is 11.8 Å². The number of hydrogen-bond acceptors (Lipinski definition) is 8. The SMILES string of the molecule is Cc1cc(Nc2cc(NCCN3CCCC3)nc(Sc3ccc(NC(=O)C4CC4)cc3)n2)n[nH]1. The third kappa shape index (κ3) is 6.27. The zero-order valence-electron chi connectivity index (χ0n) is 19.3. The Balaban J connectivity index is 1.27. The number of aromatic amines is 1. The van der Waals surface area contributed by atoms with Crippen molar-refractivity contribution in [2.75, 3.05) is 42.1 Å². The van der Waals surface area contributed by atoms with Crippen molar-refractivity contribution in [3.05, 3.63) is 42.1 Å². The van der Waals surface area contributed by atoms with E-state index in [1.165, 1.54) is 37.7 Å². The van der Waals surface area contributed by atoms with Crippen LogP contribution < -0.4 is 16.0 Å². The maximum atomic E-state index is 12.0. The quantitative estimate of drug-likeness (QED) is 0.320. The van der Waals surface area contributed by atoms with Crippen LogP contribution in [0.4, 0.5) is 23.1 Å². The van der Waals surface area contributed by atoms with Gasteiger partial charge >= 0.3 is 0 Å². The highest BCUT2D eigenvalue weighted by atomic mass is 32.2. The Kier molecular flexibility index (Phi) is 6.96. The smallest absolute Gasteiger partial charge is 0.227 e. The van der Waals surface area contributed by atoms with Gasteiger partial charge in [-0.3, -0.25) is 9.89 Å². The molecule has 2 aromatic heterocycles. The van der Waals surface area contributed by atoms with Gasteiger partial charge in [0, 0.05) is 47.4 Å². The van der Waals surface area contributed by atoms with Crippen LogP contribution in [0, 0.1) is 12.8 Å². The largest absolute Gasteiger partial charge is 0.369 e. The molecule has 1 amide bonds. The molecule has 3 heterocycles. The van der Waals surface area contributed by atoms with Gasteiger partial charge in [-0.15, -0.1) is 0 Å². The van der Waals surface area contributed by atoms with Gasteiger partial charge in [0.2, 0.25) is 5.91 Å². The Labute approximate surface area is 203 Å². The third-order valence-corrected chi connectivity index (χ3v) is 6.75. The minimum atomic E-state index is 0.112. The normalized spacial score (nSPS) is 15.9. The average Bonchev–Trinajstić information content (AvgIpc) is 3.41. The van der Waals surface area contributed by atoms with Crippen LogP contribution in [0.25, 0.3) is 0 Å². The van der Waals surface area contributed by atoms with Crippen molar-refractivity contribution in [1.29, 1.82) is 0 Å². The summed E-state index contributed by atoms with van der Waals surface area (Å²) in [5.41, 5.74) is 1.79. The number of nitrogens with one attached hydrogen (secondary N) is 4. The number of anilines is 4. The Morgan fingerprint density at radius 2 is 1.85 bits per heavy atom. The average molecular weight is 479 g/mol. The van der Waals surface area contributed by atoms with Gasteiger partial charge in [-0.25, -0.2) is 9.97 Å². The summed E-state index contributed by atoms with van der Waals surface area (Å²) in [6, 6.07) is 11.7. The molecule has 0 unspecified atom stereocenters. The molecule has 5 rings (SSSR count). The summed E-state index contributed by atoms with van der Waals surface area (Å²) in [6.45, 7) is 6.14. The van der Waals surface area contributed by atoms with Gasteiger partial charge < -0.3 is 20.9 Å². The van der Waals surface area contributed by atoms with E-state index in [0.29, 0.717) is 16.8 Å². The molecule has 34 heavy (non-hydrogen) atoms. The molecule has 9 nitrogen and oxygen atoms in total. The summed E-state index contributed by atoms with van der Waals surface area (Å²) in [4.78, 5) is 24.9. The predicted molar refractivity (Wildman–Crippen MR) is 135 cm³/mol. The van der Waals surface area contributed by atoms with Gasteiger partial charge in [0.05, 0.1) is 0 Å². The topological polar surface area (TPSA) is 111 Å². The fraction of sp³-hybridized carbons (Fsp3) is 0.417. The Bertz CT molecular complexity index is 1120. The van der Waals surface area contributed by atoms with E-state index in [1.54, 1.807) is 0 Å². The van der Waals surface area contributed by atoms with Crippen LogP contribution in [0.1, 0.15) is 31.4 Å². The minimum Gasteiger partial charge on any atom is -0.369 e. The summed E-state index contributed by atoms with van der Waals surface area (Å²) in [7, 11) is 0. The Morgan fingerprint density at radius 3 is 2.56 bits per heavy atom. The van der Waals surface area contributed by atoms with E-state index in [9.17, 15) is 4.79 Å². The number of carbonyl (C=O) groups excluding carboxylic acids is 1. The van der Waals surface area contributed by atoms with E-state index >= 15 is 0 Å². The highest BCUT2D eigenvalue weighted by Crippen LogP contribution is 2.31. The van der Waals surface area contributed by atoms with Crippen molar-refractivity contribution in [2.24, 2.45) is 5.92 Å². The number of benzene rings is 1. The van der Waals surface area contributed by atoms with Gasteiger partial charge in [0.25, 0.3) is 0 Å². The van der Waals surface area contributed by atoms with Gasteiger partial charge in [0.15, 0.2) is 11.0 Å². The maximum Gasteiger partial charge on any atom is 0.227 e. The van der Waals surface area contributed by atoms with Crippen LogP contribution in [-0.4, -0.2) is 57.2 Å². The zero-order chi connectivity index (χ0) is 23.3. The van der Waals surface area contributed by atoms with Gasteiger partial charge in [-0.1, -0.05) is 0 Å². The second-order valence-corrected chi connectivity index (χ2v) is 9.89. The summed E-state index contributed by atoms with van der Waals surface area (Å²) >= 11 is 1.48. The van der Waals surface area contributed by atoms with Crippen LogP contribution in [0.15, 0.2) is 46.5 Å². The summed E-state index contributed by atoms with van der Waals surface area (Å²) in [5, 5.41) is 17.5. The van der Waals surface area contributed by atoms with Crippen LogP contribution in [0.2, 0.25) is 0 Å². The van der Waals surface area contributed by atoms with Crippen LogP contribution in [0.3, 0.4) is 0 Å². The molecule has 2 fully saturated rings. The lowest BCUT2D eigenvalue weighted by Crippen LogP contribution is -2.26. The maximum absolute atomic E-state index is 12.0. The number of H-pyrrole nitrogens is 1. The van der Waals surface area contributed by atoms with Crippen molar-refractivity contribution < 1.29 is 4.79 Å². The van der Waals surface area contributed by atoms with E-state index in [2.05, 4.69) is 36.0 Å². The zero-order valence-corrected chi connectivity index (χ0v) is 20.1. The molecule has 4 N–H and O–H groups in total. The number of amides is 1. The molecule has 1 aliphatic heterocycles. The fourth-order valence-electron chi connectivity index (χ4n) is 3.89. The molecule has 0 spiro atoms. The van der Waals surface area contributed by atoms with E-state index in [0.717, 1.165) is 48.0 Å². The summed E-state index contributed by atoms with van der Waals surface area (Å²) < 4.78 is 0. The van der Waals surface area contributed by atoms with E-state index in [1.807, 2.05) is 43.3 Å². The number of hydrogen-bond donors (Lipinski definition) is 4. The number of nitrogens with zero attached hydrogens (tertiary/aromatic N) is 4. The molecule has 10 heteroatoms. The minimum absolute atomic E-state index is 0.112. The molecule has 1 saturated heterocycles.